The molecule has 0 atom stereocenters. The molecule has 6 rings (SSSR count). The zero-order valence-electron chi connectivity index (χ0n) is 23.0. The first-order chi connectivity index (χ1) is 20.9. The summed E-state index contributed by atoms with van der Waals surface area (Å²) in [6.45, 7) is 3.47. The zero-order chi connectivity index (χ0) is 31.3. The number of carbonyl (C=O) groups excluding carboxylic acids is 3. The molecule has 0 aliphatic carbocycles. The molecular weight excluding hydrogens is 579 g/mol. The maximum Gasteiger partial charge on any atom is 0.453 e. The minimum atomic E-state index is -5.07. The van der Waals surface area contributed by atoms with E-state index in [0.717, 1.165) is 22.1 Å². The molecule has 1 aliphatic heterocycles. The van der Waals surface area contributed by atoms with E-state index in [9.17, 15) is 32.3 Å². The van der Waals surface area contributed by atoms with Crippen LogP contribution in [0.5, 0.6) is 17.2 Å². The summed E-state index contributed by atoms with van der Waals surface area (Å²) in [5, 5.41) is -0.220. The van der Waals surface area contributed by atoms with Gasteiger partial charge in [0, 0.05) is 6.07 Å². The molecule has 0 saturated heterocycles. The van der Waals surface area contributed by atoms with E-state index < -0.39 is 46.5 Å². The van der Waals surface area contributed by atoms with Gasteiger partial charge in [-0.2, -0.15) is 13.2 Å². The Kier molecular flexibility index (Phi) is 6.80. The third-order valence-electron chi connectivity index (χ3n) is 6.86. The van der Waals surface area contributed by atoms with Crippen molar-refractivity contribution in [3.63, 3.8) is 0 Å². The SMILES string of the molecule is Cc1cc(C)cc(Oc2c(C(F)(F)F)oc3cc(OC(=O)c4ccc(N5C(=O)c6ccccc6C5=O)cc4)ccc3c2=O)c1. The van der Waals surface area contributed by atoms with Gasteiger partial charge >= 0.3 is 12.1 Å². The van der Waals surface area contributed by atoms with Gasteiger partial charge in [0.15, 0.2) is 0 Å². The van der Waals surface area contributed by atoms with Crippen LogP contribution in [0.2, 0.25) is 0 Å². The molecular formula is C33H20F3NO7. The number of alkyl halides is 3. The number of rotatable bonds is 5. The van der Waals surface area contributed by atoms with E-state index in [-0.39, 0.29) is 39.3 Å². The first-order valence-corrected chi connectivity index (χ1v) is 13.1. The number of hydrogen-bond acceptors (Lipinski definition) is 7. The van der Waals surface area contributed by atoms with Crippen LogP contribution in [0.1, 0.15) is 48.0 Å². The molecule has 0 N–H and O–H groups in total. The van der Waals surface area contributed by atoms with Gasteiger partial charge in [-0.25, -0.2) is 9.69 Å². The predicted octanol–water partition coefficient (Wildman–Crippen LogP) is 7.24. The first-order valence-electron chi connectivity index (χ1n) is 13.1. The average Bonchev–Trinajstić information content (AvgIpc) is 3.23. The molecule has 1 aliphatic rings. The van der Waals surface area contributed by atoms with Crippen LogP contribution in [0.25, 0.3) is 11.0 Å². The van der Waals surface area contributed by atoms with Crippen molar-refractivity contribution in [2.75, 3.05) is 4.90 Å². The molecule has 11 heteroatoms. The molecule has 5 aromatic rings. The number of fused-ring (bicyclic) bond motifs is 2. The van der Waals surface area contributed by atoms with E-state index in [2.05, 4.69) is 0 Å². The van der Waals surface area contributed by atoms with E-state index in [1.54, 1.807) is 44.2 Å². The van der Waals surface area contributed by atoms with Crippen LogP contribution < -0.4 is 19.8 Å². The third kappa shape index (κ3) is 5.08. The number of aryl methyl sites for hydroxylation is 2. The summed E-state index contributed by atoms with van der Waals surface area (Å²) in [6, 6.07) is 20.0. The Labute approximate surface area is 246 Å². The molecule has 44 heavy (non-hydrogen) atoms. The third-order valence-corrected chi connectivity index (χ3v) is 6.86. The highest BCUT2D eigenvalue weighted by Gasteiger charge is 2.41. The largest absolute Gasteiger partial charge is 0.453 e. The van der Waals surface area contributed by atoms with Gasteiger partial charge in [0.2, 0.25) is 11.2 Å². The minimum absolute atomic E-state index is 0.0279. The first kappa shape index (κ1) is 28.4. The number of ether oxygens (including phenoxy) is 2. The smallest absolute Gasteiger partial charge is 0.449 e. The average molecular weight is 600 g/mol. The Morgan fingerprint density at radius 2 is 1.39 bits per heavy atom. The van der Waals surface area contributed by atoms with Crippen molar-refractivity contribution in [3.05, 3.63) is 129 Å². The second-order valence-corrected chi connectivity index (χ2v) is 10.1. The Morgan fingerprint density at radius 1 is 0.773 bits per heavy atom. The number of esters is 1. The number of halogens is 3. The summed E-state index contributed by atoms with van der Waals surface area (Å²) < 4.78 is 57.8. The number of anilines is 1. The van der Waals surface area contributed by atoms with E-state index in [1.807, 2.05) is 0 Å². The molecule has 220 valence electrons. The van der Waals surface area contributed by atoms with Gasteiger partial charge in [-0.05, 0) is 85.6 Å². The molecule has 2 heterocycles. The summed E-state index contributed by atoms with van der Waals surface area (Å²) in [7, 11) is 0. The molecule has 2 amide bonds. The van der Waals surface area contributed by atoms with Gasteiger partial charge < -0.3 is 13.9 Å². The lowest BCUT2D eigenvalue weighted by atomic mass is 10.1. The number of hydrogen-bond donors (Lipinski definition) is 0. The van der Waals surface area contributed by atoms with Crippen molar-refractivity contribution >= 4 is 34.4 Å². The van der Waals surface area contributed by atoms with Gasteiger partial charge in [0.1, 0.15) is 17.1 Å². The highest BCUT2D eigenvalue weighted by Crippen LogP contribution is 2.39. The fourth-order valence-electron chi connectivity index (χ4n) is 4.95. The molecule has 8 nitrogen and oxygen atoms in total. The lowest BCUT2D eigenvalue weighted by Crippen LogP contribution is -2.29. The summed E-state index contributed by atoms with van der Waals surface area (Å²) in [5.74, 6) is -4.69. The molecule has 0 bridgehead atoms. The second-order valence-electron chi connectivity index (χ2n) is 10.1. The summed E-state index contributed by atoms with van der Waals surface area (Å²) >= 11 is 0. The standard InChI is InChI=1S/C33H20F3NO7/c1-17-13-18(2)15-22(14-17)42-28-27(38)25-12-11-21(16-26(25)44-29(28)33(34,35)36)43-32(41)19-7-9-20(10-8-19)37-30(39)23-5-3-4-6-24(23)31(37)40/h3-16H,1-2H3. The maximum atomic E-state index is 14.0. The maximum absolute atomic E-state index is 14.0. The molecule has 4 aromatic carbocycles. The predicted molar refractivity (Wildman–Crippen MR) is 152 cm³/mol. The van der Waals surface area contributed by atoms with Crippen LogP contribution in [0.4, 0.5) is 18.9 Å². The van der Waals surface area contributed by atoms with Crippen molar-refractivity contribution in [2.24, 2.45) is 0 Å². The highest BCUT2D eigenvalue weighted by molar-refractivity contribution is 6.34. The van der Waals surface area contributed by atoms with Crippen LogP contribution in [-0.2, 0) is 6.18 Å². The fourth-order valence-corrected chi connectivity index (χ4v) is 4.95. The van der Waals surface area contributed by atoms with Crippen LogP contribution in [0, 0.1) is 13.8 Å². The normalized spacial score (nSPS) is 12.9. The topological polar surface area (TPSA) is 103 Å². The van der Waals surface area contributed by atoms with E-state index in [4.69, 9.17) is 13.9 Å². The number of nitrogens with zero attached hydrogens (tertiary/aromatic N) is 1. The quantitative estimate of drug-likeness (QED) is 0.119. The number of imide groups is 1. The monoisotopic (exact) mass is 599 g/mol. The van der Waals surface area contributed by atoms with Crippen LogP contribution in [-0.4, -0.2) is 17.8 Å². The number of amides is 2. The molecule has 1 aromatic heterocycles. The molecule has 0 fully saturated rings. The highest BCUT2D eigenvalue weighted by atomic mass is 19.4. The Bertz CT molecular complexity index is 2010. The van der Waals surface area contributed by atoms with Crippen LogP contribution >= 0.6 is 0 Å². The molecule has 0 radical (unpaired) electrons. The number of carbonyl (C=O) groups is 3. The van der Waals surface area contributed by atoms with Gasteiger partial charge in [0.05, 0.1) is 27.8 Å². The lowest BCUT2D eigenvalue weighted by Gasteiger charge is -2.15. The Hall–Kier alpha value is -5.71. The minimum Gasteiger partial charge on any atom is -0.449 e. The second kappa shape index (κ2) is 10.5. The molecule has 0 unspecified atom stereocenters. The van der Waals surface area contributed by atoms with Crippen molar-refractivity contribution in [1.82, 2.24) is 0 Å². The zero-order valence-corrected chi connectivity index (χ0v) is 23.0. The summed E-state index contributed by atoms with van der Waals surface area (Å²) in [4.78, 5) is 52.4. The Balaban J connectivity index is 1.27. The van der Waals surface area contributed by atoms with Gasteiger partial charge in [-0.3, -0.25) is 14.4 Å². The van der Waals surface area contributed by atoms with Crippen molar-refractivity contribution in [1.29, 1.82) is 0 Å². The van der Waals surface area contributed by atoms with E-state index in [0.29, 0.717) is 0 Å². The van der Waals surface area contributed by atoms with Crippen LogP contribution in [0.15, 0.2) is 94.1 Å². The summed E-state index contributed by atoms with van der Waals surface area (Å²) in [5.41, 5.74) is 0.717. The van der Waals surface area contributed by atoms with Crippen molar-refractivity contribution in [3.8, 4) is 17.2 Å². The van der Waals surface area contributed by atoms with Crippen molar-refractivity contribution in [2.45, 2.75) is 20.0 Å². The summed E-state index contributed by atoms with van der Waals surface area (Å²) in [6.07, 6.45) is -5.07. The van der Waals surface area contributed by atoms with Gasteiger partial charge in [-0.15, -0.1) is 0 Å². The lowest BCUT2D eigenvalue weighted by molar-refractivity contribution is -0.154. The van der Waals surface area contributed by atoms with Gasteiger partial charge in [-0.1, -0.05) is 18.2 Å². The number of benzene rings is 4. The van der Waals surface area contributed by atoms with Crippen LogP contribution in [0.3, 0.4) is 0 Å². The molecule has 0 spiro atoms. The van der Waals surface area contributed by atoms with Gasteiger partial charge in [0.25, 0.3) is 17.6 Å². The Morgan fingerprint density at radius 3 is 1.98 bits per heavy atom. The van der Waals surface area contributed by atoms with E-state index >= 15 is 0 Å². The molecule has 0 saturated carbocycles. The van der Waals surface area contributed by atoms with Crippen molar-refractivity contribution < 1.29 is 41.4 Å². The fraction of sp³-hybridized carbons (Fsp3) is 0.0909. The van der Waals surface area contributed by atoms with E-state index in [1.165, 1.54) is 48.5 Å².